The molecule has 0 spiro atoms. The molecule has 1 aromatic carbocycles. The zero-order valence-corrected chi connectivity index (χ0v) is 11.7. The second kappa shape index (κ2) is 5.95. The van der Waals surface area contributed by atoms with Crippen molar-refractivity contribution in [3.05, 3.63) is 30.6 Å². The summed E-state index contributed by atoms with van der Waals surface area (Å²) >= 11 is 0. The second-order valence-electron chi connectivity index (χ2n) is 5.25. The van der Waals surface area contributed by atoms with Crippen LogP contribution in [0.25, 0.3) is 10.9 Å². The number of benzene rings is 1. The van der Waals surface area contributed by atoms with Crippen molar-refractivity contribution in [1.82, 2.24) is 14.9 Å². The molecule has 0 bridgehead atoms. The number of rotatable bonds is 3. The monoisotopic (exact) mass is 286 g/mol. The summed E-state index contributed by atoms with van der Waals surface area (Å²) in [4.78, 5) is 21.3. The number of hydrogen-bond donors (Lipinski definition) is 2. The van der Waals surface area contributed by atoms with Crippen LogP contribution in [-0.4, -0.2) is 45.2 Å². The number of hydrogen-bond acceptors (Lipinski definition) is 4. The summed E-state index contributed by atoms with van der Waals surface area (Å²) in [6.45, 7) is 1.19. The molecule has 21 heavy (non-hydrogen) atoms. The van der Waals surface area contributed by atoms with E-state index < -0.39 is 6.09 Å². The van der Waals surface area contributed by atoms with E-state index in [2.05, 4.69) is 15.3 Å². The Kier molecular flexibility index (Phi) is 3.85. The molecule has 1 unspecified atom stereocenters. The first-order chi connectivity index (χ1) is 10.3. The first-order valence-corrected chi connectivity index (χ1v) is 7.19. The van der Waals surface area contributed by atoms with Gasteiger partial charge < -0.3 is 15.3 Å². The van der Waals surface area contributed by atoms with Crippen LogP contribution in [-0.2, 0) is 0 Å². The van der Waals surface area contributed by atoms with Gasteiger partial charge in [-0.3, -0.25) is 0 Å². The molecule has 2 heterocycles. The molecular formula is C15H18N4O2. The second-order valence-corrected chi connectivity index (χ2v) is 5.25. The van der Waals surface area contributed by atoms with Crippen LogP contribution in [0, 0.1) is 0 Å². The fourth-order valence-electron chi connectivity index (χ4n) is 2.82. The SMILES string of the molecule is O=C(O)N1CCCCC1CNc1ncnc2ccccc12. The van der Waals surface area contributed by atoms with Gasteiger partial charge in [0.25, 0.3) is 0 Å². The Morgan fingerprint density at radius 3 is 3.05 bits per heavy atom. The zero-order valence-electron chi connectivity index (χ0n) is 11.7. The highest BCUT2D eigenvalue weighted by Gasteiger charge is 2.26. The molecule has 0 aliphatic carbocycles. The van der Waals surface area contributed by atoms with Gasteiger partial charge in [-0.1, -0.05) is 12.1 Å². The highest BCUT2D eigenvalue weighted by atomic mass is 16.4. The Labute approximate surface area is 122 Å². The molecule has 1 aliphatic rings. The van der Waals surface area contributed by atoms with E-state index in [9.17, 15) is 9.90 Å². The van der Waals surface area contributed by atoms with Crippen LogP contribution in [0.3, 0.4) is 0 Å². The Hall–Kier alpha value is -2.37. The van der Waals surface area contributed by atoms with Crippen molar-refractivity contribution in [3.63, 3.8) is 0 Å². The van der Waals surface area contributed by atoms with E-state index >= 15 is 0 Å². The minimum atomic E-state index is -0.839. The molecule has 0 radical (unpaired) electrons. The third kappa shape index (κ3) is 2.89. The van der Waals surface area contributed by atoms with Gasteiger partial charge in [0, 0.05) is 18.5 Å². The minimum absolute atomic E-state index is 0.00461. The van der Waals surface area contributed by atoms with Crippen molar-refractivity contribution in [1.29, 1.82) is 0 Å². The molecule has 2 N–H and O–H groups in total. The molecule has 1 fully saturated rings. The van der Waals surface area contributed by atoms with E-state index in [-0.39, 0.29) is 6.04 Å². The van der Waals surface area contributed by atoms with E-state index in [0.717, 1.165) is 36.0 Å². The average molecular weight is 286 g/mol. The molecule has 6 nitrogen and oxygen atoms in total. The Balaban J connectivity index is 1.75. The van der Waals surface area contributed by atoms with Crippen molar-refractivity contribution >= 4 is 22.8 Å². The van der Waals surface area contributed by atoms with Crippen molar-refractivity contribution in [3.8, 4) is 0 Å². The van der Waals surface area contributed by atoms with Crippen LogP contribution in [0.15, 0.2) is 30.6 Å². The topological polar surface area (TPSA) is 78.4 Å². The third-order valence-electron chi connectivity index (χ3n) is 3.92. The largest absolute Gasteiger partial charge is 0.465 e. The number of carbonyl (C=O) groups is 1. The van der Waals surface area contributed by atoms with Crippen LogP contribution in [0.2, 0.25) is 0 Å². The number of likely N-dealkylation sites (tertiary alicyclic amines) is 1. The van der Waals surface area contributed by atoms with Gasteiger partial charge >= 0.3 is 6.09 Å². The van der Waals surface area contributed by atoms with Crippen molar-refractivity contribution in [2.75, 3.05) is 18.4 Å². The smallest absolute Gasteiger partial charge is 0.407 e. The number of nitrogens with zero attached hydrogens (tertiary/aromatic N) is 3. The summed E-state index contributed by atoms with van der Waals surface area (Å²) in [5, 5.41) is 13.5. The number of anilines is 1. The number of aromatic nitrogens is 2. The molecule has 1 aliphatic heterocycles. The predicted molar refractivity (Wildman–Crippen MR) is 80.4 cm³/mol. The predicted octanol–water partition coefficient (Wildman–Crippen LogP) is 2.57. The number of piperidine rings is 1. The maximum atomic E-state index is 11.3. The summed E-state index contributed by atoms with van der Waals surface area (Å²) < 4.78 is 0. The third-order valence-corrected chi connectivity index (χ3v) is 3.92. The summed E-state index contributed by atoms with van der Waals surface area (Å²) in [5.74, 6) is 0.761. The van der Waals surface area contributed by atoms with Crippen LogP contribution >= 0.6 is 0 Å². The van der Waals surface area contributed by atoms with Crippen LogP contribution in [0.1, 0.15) is 19.3 Å². The standard InChI is InChI=1S/C15H18N4O2/c20-15(21)19-8-4-3-5-11(19)9-16-14-12-6-1-2-7-13(12)17-10-18-14/h1-2,6-7,10-11H,3-5,8-9H2,(H,20,21)(H,16,17,18). The number of amides is 1. The molecule has 6 heteroatoms. The lowest BCUT2D eigenvalue weighted by molar-refractivity contribution is 0.110. The molecule has 3 rings (SSSR count). The quantitative estimate of drug-likeness (QED) is 0.906. The maximum Gasteiger partial charge on any atom is 0.407 e. The molecule has 2 aromatic rings. The van der Waals surface area contributed by atoms with Crippen molar-refractivity contribution < 1.29 is 9.90 Å². The van der Waals surface area contributed by atoms with Gasteiger partial charge in [-0.05, 0) is 31.4 Å². The van der Waals surface area contributed by atoms with Crippen LogP contribution in [0.4, 0.5) is 10.6 Å². The van der Waals surface area contributed by atoms with Gasteiger partial charge in [-0.15, -0.1) is 0 Å². The van der Waals surface area contributed by atoms with Crippen LogP contribution < -0.4 is 5.32 Å². The molecule has 1 aromatic heterocycles. The number of nitrogens with one attached hydrogen (secondary N) is 1. The van der Waals surface area contributed by atoms with Gasteiger partial charge in [0.05, 0.1) is 11.6 Å². The highest BCUT2D eigenvalue weighted by molar-refractivity contribution is 5.88. The van der Waals surface area contributed by atoms with Crippen LogP contribution in [0.5, 0.6) is 0 Å². The lowest BCUT2D eigenvalue weighted by Crippen LogP contribution is -2.46. The van der Waals surface area contributed by atoms with Crippen molar-refractivity contribution in [2.24, 2.45) is 0 Å². The summed E-state index contributed by atoms with van der Waals surface area (Å²) in [6, 6.07) is 7.79. The highest BCUT2D eigenvalue weighted by Crippen LogP contribution is 2.21. The molecule has 110 valence electrons. The maximum absolute atomic E-state index is 11.3. The lowest BCUT2D eigenvalue weighted by Gasteiger charge is -2.33. The molecule has 1 saturated heterocycles. The van der Waals surface area contributed by atoms with E-state index in [1.165, 1.54) is 11.2 Å². The molecule has 1 atom stereocenters. The fourth-order valence-corrected chi connectivity index (χ4v) is 2.82. The summed E-state index contributed by atoms with van der Waals surface area (Å²) in [7, 11) is 0. The Morgan fingerprint density at radius 1 is 1.33 bits per heavy atom. The summed E-state index contributed by atoms with van der Waals surface area (Å²) in [5.41, 5.74) is 0.883. The van der Waals surface area contributed by atoms with Gasteiger partial charge in [0.2, 0.25) is 0 Å². The van der Waals surface area contributed by atoms with E-state index in [1.54, 1.807) is 0 Å². The Bertz CT molecular complexity index is 641. The van der Waals surface area contributed by atoms with E-state index in [4.69, 9.17) is 0 Å². The Morgan fingerprint density at radius 2 is 2.19 bits per heavy atom. The number of fused-ring (bicyclic) bond motifs is 1. The normalized spacial score (nSPS) is 18.7. The van der Waals surface area contributed by atoms with Gasteiger partial charge in [-0.25, -0.2) is 14.8 Å². The van der Waals surface area contributed by atoms with Gasteiger partial charge in [0.15, 0.2) is 0 Å². The minimum Gasteiger partial charge on any atom is -0.465 e. The molecule has 1 amide bonds. The fraction of sp³-hybridized carbons (Fsp3) is 0.400. The van der Waals surface area contributed by atoms with Crippen molar-refractivity contribution in [2.45, 2.75) is 25.3 Å². The first kappa shape index (κ1) is 13.6. The number of para-hydroxylation sites is 1. The lowest BCUT2D eigenvalue weighted by atomic mass is 10.0. The van der Waals surface area contributed by atoms with Gasteiger partial charge in [0.1, 0.15) is 12.1 Å². The molecule has 0 saturated carbocycles. The average Bonchev–Trinajstić information content (AvgIpc) is 2.53. The first-order valence-electron chi connectivity index (χ1n) is 7.19. The zero-order chi connectivity index (χ0) is 14.7. The molecular weight excluding hydrogens is 268 g/mol. The van der Waals surface area contributed by atoms with E-state index in [1.807, 2.05) is 24.3 Å². The van der Waals surface area contributed by atoms with Gasteiger partial charge in [-0.2, -0.15) is 0 Å². The number of carboxylic acid groups (broad SMARTS) is 1. The van der Waals surface area contributed by atoms with E-state index in [0.29, 0.717) is 13.1 Å². The summed E-state index contributed by atoms with van der Waals surface area (Å²) in [6.07, 6.45) is 3.59.